The predicted octanol–water partition coefficient (Wildman–Crippen LogP) is 3.16. The fraction of sp³-hybridized carbons (Fsp3) is 0.118. The van der Waals surface area contributed by atoms with E-state index in [0.29, 0.717) is 22.0 Å². The van der Waals surface area contributed by atoms with E-state index in [0.717, 1.165) is 11.8 Å². The molecule has 0 saturated carbocycles. The second-order valence-electron chi connectivity index (χ2n) is 5.39. The van der Waals surface area contributed by atoms with Crippen LogP contribution in [0.3, 0.4) is 0 Å². The van der Waals surface area contributed by atoms with Crippen LogP contribution in [-0.4, -0.2) is 27.2 Å². The highest BCUT2D eigenvalue weighted by molar-refractivity contribution is 7.90. The van der Waals surface area contributed by atoms with Crippen LogP contribution in [0.25, 0.3) is 6.08 Å². The Balaban J connectivity index is 1.84. The minimum Gasteiger partial charge on any atom is -0.488 e. The number of nitrogens with one attached hydrogen (secondary N) is 1. The summed E-state index contributed by atoms with van der Waals surface area (Å²) in [5.41, 5.74) is 1.55. The van der Waals surface area contributed by atoms with Crippen LogP contribution in [0.1, 0.15) is 5.56 Å². The molecule has 5 nitrogen and oxygen atoms in total. The average molecular weight is 364 g/mol. The number of rotatable bonds is 3. The molecule has 0 atom stereocenters. The molecule has 0 radical (unpaired) electrons. The molecule has 2 aromatic rings. The summed E-state index contributed by atoms with van der Waals surface area (Å²) in [5.74, 6) is 0.307. The summed E-state index contributed by atoms with van der Waals surface area (Å²) < 4.78 is 28.7. The lowest BCUT2D eigenvalue weighted by molar-refractivity contribution is -0.113. The van der Waals surface area contributed by atoms with Crippen molar-refractivity contribution in [2.75, 3.05) is 18.2 Å². The first-order chi connectivity index (χ1) is 11.3. The van der Waals surface area contributed by atoms with Crippen LogP contribution in [0.15, 0.2) is 52.9 Å². The van der Waals surface area contributed by atoms with Crippen molar-refractivity contribution in [3.63, 3.8) is 0 Å². The number of hydrogen-bond acceptors (Lipinski definition) is 4. The number of amides is 1. The van der Waals surface area contributed by atoms with E-state index in [9.17, 15) is 13.2 Å². The Labute approximate surface area is 144 Å². The van der Waals surface area contributed by atoms with Gasteiger partial charge in [0.2, 0.25) is 0 Å². The number of carbonyl (C=O) groups is 1. The molecule has 3 rings (SSSR count). The molecule has 0 saturated heterocycles. The molecule has 0 fully saturated rings. The first kappa shape index (κ1) is 16.5. The lowest BCUT2D eigenvalue weighted by Crippen LogP contribution is -2.21. The summed E-state index contributed by atoms with van der Waals surface area (Å²) in [6.07, 6.45) is 2.83. The maximum absolute atomic E-state index is 12.4. The molecule has 0 aliphatic carbocycles. The van der Waals surface area contributed by atoms with Crippen molar-refractivity contribution >= 4 is 39.1 Å². The third kappa shape index (κ3) is 3.60. The summed E-state index contributed by atoms with van der Waals surface area (Å²) in [7, 11) is -3.34. The zero-order valence-electron chi connectivity index (χ0n) is 12.7. The zero-order valence-corrected chi connectivity index (χ0v) is 14.3. The van der Waals surface area contributed by atoms with Crippen LogP contribution in [0.2, 0.25) is 5.02 Å². The van der Waals surface area contributed by atoms with Gasteiger partial charge in [-0.1, -0.05) is 17.7 Å². The van der Waals surface area contributed by atoms with Gasteiger partial charge in [0, 0.05) is 22.5 Å². The fourth-order valence-corrected chi connectivity index (χ4v) is 3.14. The molecule has 124 valence electrons. The number of halogens is 1. The zero-order chi connectivity index (χ0) is 17.3. The quantitative estimate of drug-likeness (QED) is 0.909. The van der Waals surface area contributed by atoms with Crippen LogP contribution in [0.4, 0.5) is 5.69 Å². The first-order valence-electron chi connectivity index (χ1n) is 7.07. The molecule has 1 heterocycles. The van der Waals surface area contributed by atoms with Crippen molar-refractivity contribution in [1.82, 2.24) is 0 Å². The fourth-order valence-electron chi connectivity index (χ4n) is 2.30. The van der Waals surface area contributed by atoms with Crippen LogP contribution in [-0.2, 0) is 14.6 Å². The number of fused-ring (bicyclic) bond motifs is 1. The molecule has 2 aromatic carbocycles. The van der Waals surface area contributed by atoms with Crippen LogP contribution < -0.4 is 10.1 Å². The second-order valence-corrected chi connectivity index (χ2v) is 7.85. The van der Waals surface area contributed by atoms with Crippen molar-refractivity contribution in [3.8, 4) is 5.75 Å². The molecule has 1 N–H and O–H groups in total. The van der Waals surface area contributed by atoms with Gasteiger partial charge in [0.05, 0.1) is 10.5 Å². The third-order valence-corrected chi connectivity index (χ3v) is 4.84. The van der Waals surface area contributed by atoms with E-state index in [4.69, 9.17) is 16.3 Å². The smallest absolute Gasteiger partial charge is 0.255 e. The van der Waals surface area contributed by atoms with E-state index < -0.39 is 9.84 Å². The van der Waals surface area contributed by atoms with Gasteiger partial charge >= 0.3 is 0 Å². The summed E-state index contributed by atoms with van der Waals surface area (Å²) in [6.45, 7) is 0.131. The molecule has 1 amide bonds. The molecule has 0 spiro atoms. The highest BCUT2D eigenvalue weighted by Gasteiger charge is 2.18. The highest BCUT2D eigenvalue weighted by Crippen LogP contribution is 2.29. The number of benzene rings is 2. The molecular formula is C17H14ClNO4S. The highest BCUT2D eigenvalue weighted by atomic mass is 35.5. The van der Waals surface area contributed by atoms with Gasteiger partial charge < -0.3 is 10.1 Å². The number of ether oxygens (including phenoxy) is 1. The number of sulfone groups is 1. The first-order valence-corrected chi connectivity index (χ1v) is 9.34. The third-order valence-electron chi connectivity index (χ3n) is 3.50. The summed E-state index contributed by atoms with van der Waals surface area (Å²) >= 11 is 5.95. The Hall–Kier alpha value is -2.31. The maximum Gasteiger partial charge on any atom is 0.255 e. The molecule has 0 bridgehead atoms. The van der Waals surface area contributed by atoms with E-state index in [1.165, 1.54) is 12.1 Å². The molecular weight excluding hydrogens is 350 g/mol. The predicted molar refractivity (Wildman–Crippen MR) is 93.1 cm³/mol. The van der Waals surface area contributed by atoms with E-state index in [-0.39, 0.29) is 17.4 Å². The van der Waals surface area contributed by atoms with E-state index >= 15 is 0 Å². The molecule has 7 heteroatoms. The van der Waals surface area contributed by atoms with Crippen molar-refractivity contribution in [1.29, 1.82) is 0 Å². The van der Waals surface area contributed by atoms with Gasteiger partial charge in [0.15, 0.2) is 9.84 Å². The monoisotopic (exact) mass is 363 g/mol. The summed E-state index contributed by atoms with van der Waals surface area (Å²) in [6, 6.07) is 11.3. The van der Waals surface area contributed by atoms with Gasteiger partial charge in [-0.2, -0.15) is 0 Å². The standard InChI is InChI=1S/C17H14ClNO4S/c1-24(21,22)15-4-2-3-14(9-15)19-17(20)12-7-11-8-13(18)5-6-16(11)23-10-12/h2-9H,10H2,1H3,(H,19,20). The Morgan fingerprint density at radius 3 is 2.75 bits per heavy atom. The van der Waals surface area contributed by atoms with Crippen molar-refractivity contribution in [2.24, 2.45) is 0 Å². The summed E-state index contributed by atoms with van der Waals surface area (Å²) in [4.78, 5) is 12.5. The number of hydrogen-bond donors (Lipinski definition) is 1. The van der Waals surface area contributed by atoms with Crippen molar-refractivity contribution < 1.29 is 17.9 Å². The largest absolute Gasteiger partial charge is 0.488 e. The van der Waals surface area contributed by atoms with E-state index in [1.54, 1.807) is 36.4 Å². The molecule has 1 aliphatic rings. The second kappa shape index (κ2) is 6.30. The van der Waals surface area contributed by atoms with Gasteiger partial charge in [-0.05, 0) is 42.5 Å². The van der Waals surface area contributed by atoms with Gasteiger partial charge in [-0.25, -0.2) is 8.42 Å². The summed E-state index contributed by atoms with van der Waals surface area (Å²) in [5, 5.41) is 3.24. The lowest BCUT2D eigenvalue weighted by atomic mass is 10.1. The molecule has 24 heavy (non-hydrogen) atoms. The van der Waals surface area contributed by atoms with Gasteiger partial charge in [0.25, 0.3) is 5.91 Å². The lowest BCUT2D eigenvalue weighted by Gasteiger charge is -2.18. The van der Waals surface area contributed by atoms with Crippen molar-refractivity contribution in [3.05, 3.63) is 58.6 Å². The van der Waals surface area contributed by atoms with Crippen LogP contribution in [0, 0.1) is 0 Å². The minimum atomic E-state index is -3.34. The topological polar surface area (TPSA) is 72.5 Å². The number of carbonyl (C=O) groups excluding carboxylic acids is 1. The van der Waals surface area contributed by atoms with Crippen LogP contribution >= 0.6 is 11.6 Å². The minimum absolute atomic E-state index is 0.131. The average Bonchev–Trinajstić information content (AvgIpc) is 2.53. The molecule has 0 aromatic heterocycles. The van der Waals surface area contributed by atoms with Crippen LogP contribution in [0.5, 0.6) is 5.75 Å². The Bertz CT molecular complexity index is 951. The van der Waals surface area contributed by atoms with Gasteiger partial charge in [-0.3, -0.25) is 4.79 Å². The molecule has 0 unspecified atom stereocenters. The maximum atomic E-state index is 12.4. The molecule has 1 aliphatic heterocycles. The van der Waals surface area contributed by atoms with Gasteiger partial charge in [0.1, 0.15) is 12.4 Å². The SMILES string of the molecule is CS(=O)(=O)c1cccc(NC(=O)C2=Cc3cc(Cl)ccc3OC2)c1. The Kier molecular flexibility index (Phi) is 4.34. The Morgan fingerprint density at radius 2 is 2.00 bits per heavy atom. The van der Waals surface area contributed by atoms with Gasteiger partial charge in [-0.15, -0.1) is 0 Å². The number of anilines is 1. The van der Waals surface area contributed by atoms with E-state index in [2.05, 4.69) is 5.32 Å². The van der Waals surface area contributed by atoms with Crippen molar-refractivity contribution in [2.45, 2.75) is 4.90 Å². The normalized spacial score (nSPS) is 13.5. The van der Waals surface area contributed by atoms with E-state index in [1.807, 2.05) is 0 Å². The Morgan fingerprint density at radius 1 is 1.21 bits per heavy atom.